The molecule has 2 fully saturated rings. The second-order valence-electron chi connectivity index (χ2n) is 6.35. The maximum absolute atomic E-state index is 12.1. The molecule has 2 N–H and O–H groups in total. The van der Waals surface area contributed by atoms with Gasteiger partial charge in [0, 0.05) is 25.0 Å². The number of nitrogens with zero attached hydrogens (tertiary/aromatic N) is 1. The monoisotopic (exact) mass is 238 g/mol. The zero-order valence-corrected chi connectivity index (χ0v) is 11.2. The molecule has 0 spiro atoms. The van der Waals surface area contributed by atoms with Crippen molar-refractivity contribution in [1.82, 2.24) is 4.90 Å². The number of hydrogen-bond acceptors (Lipinski definition) is 2. The highest BCUT2D eigenvalue weighted by molar-refractivity contribution is 5.77. The number of carbonyl (C=O) groups is 1. The Morgan fingerprint density at radius 3 is 2.35 bits per heavy atom. The van der Waals surface area contributed by atoms with Crippen molar-refractivity contribution < 1.29 is 4.79 Å². The molecule has 1 aliphatic carbocycles. The van der Waals surface area contributed by atoms with Crippen LogP contribution in [0.5, 0.6) is 0 Å². The standard InChI is InChI=1S/C14H26N2O/c1-11(2)12-4-8-16(9-5-12)13(17)10-14(15)6-3-7-14/h11-12H,3-10,15H2,1-2H3. The SMILES string of the molecule is CC(C)C1CCN(C(=O)CC2(N)CCC2)CC1. The Morgan fingerprint density at radius 1 is 1.35 bits per heavy atom. The van der Waals surface area contributed by atoms with Crippen molar-refractivity contribution in [2.45, 2.75) is 57.9 Å². The molecule has 98 valence electrons. The first-order valence-electron chi connectivity index (χ1n) is 7.07. The van der Waals surface area contributed by atoms with Crippen molar-refractivity contribution >= 4 is 5.91 Å². The summed E-state index contributed by atoms with van der Waals surface area (Å²) in [6.45, 7) is 6.45. The molecule has 3 nitrogen and oxygen atoms in total. The van der Waals surface area contributed by atoms with E-state index in [0.717, 1.165) is 37.8 Å². The van der Waals surface area contributed by atoms with Gasteiger partial charge in [-0.1, -0.05) is 13.8 Å². The van der Waals surface area contributed by atoms with Crippen LogP contribution in [0.2, 0.25) is 0 Å². The van der Waals surface area contributed by atoms with Gasteiger partial charge in [-0.05, 0) is 43.9 Å². The molecule has 0 atom stereocenters. The summed E-state index contributed by atoms with van der Waals surface area (Å²) in [5.74, 6) is 1.84. The summed E-state index contributed by atoms with van der Waals surface area (Å²) in [5, 5.41) is 0. The highest BCUT2D eigenvalue weighted by Gasteiger charge is 2.36. The van der Waals surface area contributed by atoms with Crippen molar-refractivity contribution in [3.05, 3.63) is 0 Å². The first kappa shape index (κ1) is 12.9. The van der Waals surface area contributed by atoms with Gasteiger partial charge in [-0.2, -0.15) is 0 Å². The lowest BCUT2D eigenvalue weighted by Gasteiger charge is -2.40. The van der Waals surface area contributed by atoms with Gasteiger partial charge in [-0.25, -0.2) is 0 Å². The van der Waals surface area contributed by atoms with Gasteiger partial charge in [0.25, 0.3) is 0 Å². The molecule has 1 amide bonds. The van der Waals surface area contributed by atoms with E-state index in [0.29, 0.717) is 6.42 Å². The van der Waals surface area contributed by atoms with Crippen LogP contribution < -0.4 is 5.73 Å². The zero-order chi connectivity index (χ0) is 12.5. The van der Waals surface area contributed by atoms with Crippen LogP contribution in [0.4, 0.5) is 0 Å². The molecule has 3 heteroatoms. The molecule has 0 bridgehead atoms. The normalized spacial score (nSPS) is 24.8. The van der Waals surface area contributed by atoms with E-state index in [1.807, 2.05) is 4.90 Å². The summed E-state index contributed by atoms with van der Waals surface area (Å²) in [7, 11) is 0. The lowest BCUT2D eigenvalue weighted by Crippen LogP contribution is -2.51. The third kappa shape index (κ3) is 3.01. The molecule has 1 aliphatic heterocycles. The van der Waals surface area contributed by atoms with Crippen LogP contribution in [0.1, 0.15) is 52.4 Å². The van der Waals surface area contributed by atoms with Crippen molar-refractivity contribution in [1.29, 1.82) is 0 Å². The molecule has 0 aromatic rings. The lowest BCUT2D eigenvalue weighted by atomic mass is 9.75. The Balaban J connectivity index is 1.78. The van der Waals surface area contributed by atoms with Gasteiger partial charge in [-0.3, -0.25) is 4.79 Å². The molecule has 0 radical (unpaired) electrons. The lowest BCUT2D eigenvalue weighted by molar-refractivity contribution is -0.134. The van der Waals surface area contributed by atoms with E-state index < -0.39 is 0 Å². The average molecular weight is 238 g/mol. The van der Waals surface area contributed by atoms with E-state index in [4.69, 9.17) is 5.73 Å². The fraction of sp³-hybridized carbons (Fsp3) is 0.929. The van der Waals surface area contributed by atoms with Crippen LogP contribution in [-0.4, -0.2) is 29.4 Å². The molecule has 2 aliphatic rings. The van der Waals surface area contributed by atoms with Gasteiger partial charge < -0.3 is 10.6 Å². The van der Waals surface area contributed by atoms with Gasteiger partial charge in [0.1, 0.15) is 0 Å². The predicted molar refractivity (Wildman–Crippen MR) is 69.5 cm³/mol. The summed E-state index contributed by atoms with van der Waals surface area (Å²) in [4.78, 5) is 14.2. The minimum atomic E-state index is -0.161. The number of rotatable bonds is 3. The van der Waals surface area contributed by atoms with Gasteiger partial charge in [-0.15, -0.1) is 0 Å². The highest BCUT2D eigenvalue weighted by Crippen LogP contribution is 2.33. The second kappa shape index (κ2) is 4.97. The van der Waals surface area contributed by atoms with Gasteiger partial charge in [0.05, 0.1) is 0 Å². The average Bonchev–Trinajstić information content (AvgIpc) is 2.27. The van der Waals surface area contributed by atoms with Crippen LogP contribution >= 0.6 is 0 Å². The number of nitrogens with two attached hydrogens (primary N) is 1. The van der Waals surface area contributed by atoms with Gasteiger partial charge >= 0.3 is 0 Å². The number of likely N-dealkylation sites (tertiary alicyclic amines) is 1. The number of piperidine rings is 1. The predicted octanol–water partition coefficient (Wildman–Crippen LogP) is 2.15. The topological polar surface area (TPSA) is 46.3 Å². The molecule has 0 aromatic heterocycles. The molecule has 1 heterocycles. The van der Waals surface area contributed by atoms with Crippen LogP contribution in [0.15, 0.2) is 0 Å². The largest absolute Gasteiger partial charge is 0.343 e. The van der Waals surface area contributed by atoms with Crippen molar-refractivity contribution in [2.24, 2.45) is 17.6 Å². The van der Waals surface area contributed by atoms with E-state index in [1.165, 1.54) is 19.3 Å². The first-order valence-corrected chi connectivity index (χ1v) is 7.07. The minimum absolute atomic E-state index is 0.161. The maximum Gasteiger partial charge on any atom is 0.224 e. The minimum Gasteiger partial charge on any atom is -0.343 e. The fourth-order valence-corrected chi connectivity index (χ4v) is 3.04. The van der Waals surface area contributed by atoms with Crippen molar-refractivity contribution in [2.75, 3.05) is 13.1 Å². The summed E-state index contributed by atoms with van der Waals surface area (Å²) in [6.07, 6.45) is 6.16. The molecule has 1 saturated carbocycles. The Bertz CT molecular complexity index is 276. The van der Waals surface area contributed by atoms with E-state index in [-0.39, 0.29) is 11.4 Å². The van der Waals surface area contributed by atoms with Crippen LogP contribution in [0.25, 0.3) is 0 Å². The molecule has 1 saturated heterocycles. The van der Waals surface area contributed by atoms with E-state index in [1.54, 1.807) is 0 Å². The number of hydrogen-bond donors (Lipinski definition) is 1. The first-order chi connectivity index (χ1) is 8.00. The smallest absolute Gasteiger partial charge is 0.224 e. The van der Waals surface area contributed by atoms with Crippen LogP contribution in [-0.2, 0) is 4.79 Å². The molecule has 0 unspecified atom stereocenters. The van der Waals surface area contributed by atoms with Gasteiger partial charge in [0.15, 0.2) is 0 Å². The maximum atomic E-state index is 12.1. The highest BCUT2D eigenvalue weighted by atomic mass is 16.2. The van der Waals surface area contributed by atoms with E-state index in [2.05, 4.69) is 13.8 Å². The summed E-state index contributed by atoms with van der Waals surface area (Å²) in [6, 6.07) is 0. The third-order valence-electron chi connectivity index (χ3n) is 4.69. The second-order valence-corrected chi connectivity index (χ2v) is 6.35. The van der Waals surface area contributed by atoms with Crippen LogP contribution in [0, 0.1) is 11.8 Å². The molecule has 0 aromatic carbocycles. The van der Waals surface area contributed by atoms with E-state index in [9.17, 15) is 4.79 Å². The van der Waals surface area contributed by atoms with Gasteiger partial charge in [0.2, 0.25) is 5.91 Å². The molecule has 17 heavy (non-hydrogen) atoms. The van der Waals surface area contributed by atoms with Crippen molar-refractivity contribution in [3.63, 3.8) is 0 Å². The quantitative estimate of drug-likeness (QED) is 0.819. The molecular weight excluding hydrogens is 212 g/mol. The third-order valence-corrected chi connectivity index (χ3v) is 4.69. The Morgan fingerprint density at radius 2 is 1.94 bits per heavy atom. The summed E-state index contributed by atoms with van der Waals surface area (Å²) < 4.78 is 0. The van der Waals surface area contributed by atoms with Crippen LogP contribution in [0.3, 0.4) is 0 Å². The Kier molecular flexibility index (Phi) is 3.76. The fourth-order valence-electron chi connectivity index (χ4n) is 3.04. The molecular formula is C14H26N2O. The zero-order valence-electron chi connectivity index (χ0n) is 11.2. The molecule has 2 rings (SSSR count). The van der Waals surface area contributed by atoms with E-state index >= 15 is 0 Å². The summed E-state index contributed by atoms with van der Waals surface area (Å²) in [5.41, 5.74) is 5.98. The number of amides is 1. The Labute approximate surface area is 105 Å². The van der Waals surface area contributed by atoms with Crippen molar-refractivity contribution in [3.8, 4) is 0 Å². The number of carbonyl (C=O) groups excluding carboxylic acids is 1. The summed E-state index contributed by atoms with van der Waals surface area (Å²) >= 11 is 0. The Hall–Kier alpha value is -0.570.